The lowest BCUT2D eigenvalue weighted by atomic mass is 10.3. The zero-order valence-corrected chi connectivity index (χ0v) is 10.8. The Labute approximate surface area is 108 Å². The minimum atomic E-state index is 0.763. The second-order valence-electron chi connectivity index (χ2n) is 4.06. The van der Waals surface area contributed by atoms with Gasteiger partial charge < -0.3 is 10.2 Å². The van der Waals surface area contributed by atoms with Gasteiger partial charge in [0.05, 0.1) is 5.69 Å². The Morgan fingerprint density at radius 2 is 1.83 bits per heavy atom. The Kier molecular flexibility index (Phi) is 4.25. The molecule has 0 atom stereocenters. The van der Waals surface area contributed by atoms with Gasteiger partial charge in [0.15, 0.2) is 5.82 Å². The van der Waals surface area contributed by atoms with E-state index in [1.807, 2.05) is 54.4 Å². The number of rotatable bonds is 5. The van der Waals surface area contributed by atoms with Crippen molar-refractivity contribution in [2.75, 3.05) is 18.5 Å². The summed E-state index contributed by atoms with van der Waals surface area (Å²) < 4.78 is 0. The van der Waals surface area contributed by atoms with Crippen molar-refractivity contribution in [3.63, 3.8) is 0 Å². The first-order valence-electron chi connectivity index (χ1n) is 6.13. The van der Waals surface area contributed by atoms with Crippen molar-refractivity contribution in [1.29, 1.82) is 0 Å². The van der Waals surface area contributed by atoms with Crippen LogP contribution >= 0.6 is 0 Å². The summed E-state index contributed by atoms with van der Waals surface area (Å²) in [7, 11) is 1.99. The van der Waals surface area contributed by atoms with Gasteiger partial charge in [-0.2, -0.15) is 5.10 Å². The molecule has 1 aromatic carbocycles. The lowest BCUT2D eigenvalue weighted by Crippen LogP contribution is -2.15. The van der Waals surface area contributed by atoms with Crippen molar-refractivity contribution >= 4 is 11.5 Å². The van der Waals surface area contributed by atoms with E-state index in [2.05, 4.69) is 22.4 Å². The highest BCUT2D eigenvalue weighted by Crippen LogP contribution is 2.19. The van der Waals surface area contributed by atoms with E-state index in [9.17, 15) is 0 Å². The molecule has 2 rings (SSSR count). The molecule has 0 aliphatic heterocycles. The Hall–Kier alpha value is -1.94. The van der Waals surface area contributed by atoms with Gasteiger partial charge in [0.2, 0.25) is 0 Å². The van der Waals surface area contributed by atoms with Crippen LogP contribution in [0.1, 0.15) is 12.6 Å². The molecule has 0 aliphatic carbocycles. The van der Waals surface area contributed by atoms with Gasteiger partial charge in [-0.1, -0.05) is 25.1 Å². The summed E-state index contributed by atoms with van der Waals surface area (Å²) in [6.07, 6.45) is 0. The summed E-state index contributed by atoms with van der Waals surface area (Å²) in [5.74, 6) is 0.849. The summed E-state index contributed by atoms with van der Waals surface area (Å²) >= 11 is 0. The molecule has 0 spiro atoms. The molecule has 0 saturated carbocycles. The van der Waals surface area contributed by atoms with Gasteiger partial charge in [-0.05, 0) is 30.8 Å². The number of hydrogen-bond donors (Lipinski definition) is 1. The monoisotopic (exact) mass is 242 g/mol. The lowest BCUT2D eigenvalue weighted by Gasteiger charge is -2.17. The number of anilines is 2. The zero-order valence-electron chi connectivity index (χ0n) is 10.8. The van der Waals surface area contributed by atoms with Crippen LogP contribution in [0.5, 0.6) is 0 Å². The first-order valence-corrected chi connectivity index (χ1v) is 6.13. The van der Waals surface area contributed by atoms with Crippen LogP contribution in [0, 0.1) is 0 Å². The number of hydrogen-bond acceptors (Lipinski definition) is 4. The molecule has 94 valence electrons. The highest BCUT2D eigenvalue weighted by molar-refractivity contribution is 5.58. The minimum Gasteiger partial charge on any atom is -0.328 e. The number of benzene rings is 1. The second-order valence-corrected chi connectivity index (χ2v) is 4.06. The average Bonchev–Trinajstić information content (AvgIpc) is 2.46. The normalized spacial score (nSPS) is 10.3. The van der Waals surface area contributed by atoms with Gasteiger partial charge in [0, 0.05) is 19.3 Å². The number of aromatic nitrogens is 2. The van der Waals surface area contributed by atoms with Gasteiger partial charge in [-0.25, -0.2) is 0 Å². The predicted molar refractivity (Wildman–Crippen MR) is 73.9 cm³/mol. The van der Waals surface area contributed by atoms with Gasteiger partial charge in [-0.3, -0.25) is 0 Å². The van der Waals surface area contributed by atoms with Crippen molar-refractivity contribution in [2.24, 2.45) is 0 Å². The topological polar surface area (TPSA) is 41.0 Å². The molecule has 1 N–H and O–H groups in total. The molecule has 18 heavy (non-hydrogen) atoms. The fourth-order valence-corrected chi connectivity index (χ4v) is 1.66. The molecule has 0 amide bonds. The molecule has 4 nitrogen and oxygen atoms in total. The third-order valence-corrected chi connectivity index (χ3v) is 2.75. The van der Waals surface area contributed by atoms with Crippen molar-refractivity contribution in [3.05, 3.63) is 48.2 Å². The smallest absolute Gasteiger partial charge is 0.155 e. The summed E-state index contributed by atoms with van der Waals surface area (Å²) in [6, 6.07) is 14.1. The molecular formula is C14H18N4. The molecular weight excluding hydrogens is 224 g/mol. The van der Waals surface area contributed by atoms with E-state index < -0.39 is 0 Å². The molecule has 0 unspecified atom stereocenters. The fraction of sp³-hybridized carbons (Fsp3) is 0.286. The Balaban J connectivity index is 2.09. The number of nitrogens with zero attached hydrogens (tertiary/aromatic N) is 3. The third kappa shape index (κ3) is 3.05. The van der Waals surface area contributed by atoms with E-state index in [0.717, 1.165) is 30.3 Å². The molecule has 4 heteroatoms. The Bertz CT molecular complexity index is 467. The van der Waals surface area contributed by atoms with Gasteiger partial charge in [0.25, 0.3) is 0 Å². The highest BCUT2D eigenvalue weighted by Gasteiger charge is 2.05. The van der Waals surface area contributed by atoms with E-state index in [-0.39, 0.29) is 0 Å². The fourth-order valence-electron chi connectivity index (χ4n) is 1.66. The van der Waals surface area contributed by atoms with Crippen molar-refractivity contribution in [1.82, 2.24) is 15.5 Å². The second kappa shape index (κ2) is 6.12. The first kappa shape index (κ1) is 12.5. The first-order chi connectivity index (χ1) is 8.81. The van der Waals surface area contributed by atoms with E-state index >= 15 is 0 Å². The largest absolute Gasteiger partial charge is 0.328 e. The van der Waals surface area contributed by atoms with Crippen LogP contribution in [0.15, 0.2) is 42.5 Å². The van der Waals surface area contributed by atoms with Gasteiger partial charge in [-0.15, -0.1) is 5.10 Å². The summed E-state index contributed by atoms with van der Waals surface area (Å²) in [4.78, 5) is 2.02. The molecule has 2 aromatic rings. The summed E-state index contributed by atoms with van der Waals surface area (Å²) in [5.41, 5.74) is 2.06. The predicted octanol–water partition coefficient (Wildman–Crippen LogP) is 2.35. The highest BCUT2D eigenvalue weighted by atomic mass is 15.2. The van der Waals surface area contributed by atoms with Crippen LogP contribution in [0.3, 0.4) is 0 Å². The van der Waals surface area contributed by atoms with E-state index in [1.54, 1.807) is 0 Å². The van der Waals surface area contributed by atoms with Crippen LogP contribution in [-0.2, 0) is 6.54 Å². The maximum absolute atomic E-state index is 4.24. The van der Waals surface area contributed by atoms with Crippen molar-refractivity contribution < 1.29 is 0 Å². The summed E-state index contributed by atoms with van der Waals surface area (Å²) in [6.45, 7) is 3.77. The van der Waals surface area contributed by atoms with Crippen molar-refractivity contribution in [2.45, 2.75) is 13.5 Å². The Morgan fingerprint density at radius 1 is 1.06 bits per heavy atom. The van der Waals surface area contributed by atoms with Gasteiger partial charge in [0.1, 0.15) is 0 Å². The molecule has 0 radical (unpaired) electrons. The number of para-hydroxylation sites is 1. The molecule has 1 heterocycles. The maximum Gasteiger partial charge on any atom is 0.155 e. The van der Waals surface area contributed by atoms with Crippen LogP contribution in [-0.4, -0.2) is 23.8 Å². The van der Waals surface area contributed by atoms with E-state index in [0.29, 0.717) is 0 Å². The van der Waals surface area contributed by atoms with E-state index in [1.165, 1.54) is 0 Å². The number of nitrogens with one attached hydrogen (secondary N) is 1. The standard InChI is InChI=1S/C14H18N4/c1-3-15-11-12-9-10-14(17-16-12)18(2)13-7-5-4-6-8-13/h4-10,15H,3,11H2,1-2H3. The zero-order chi connectivity index (χ0) is 12.8. The van der Waals surface area contributed by atoms with Crippen LogP contribution in [0.2, 0.25) is 0 Å². The Morgan fingerprint density at radius 3 is 2.44 bits per heavy atom. The van der Waals surface area contributed by atoms with Crippen LogP contribution in [0.4, 0.5) is 11.5 Å². The molecule has 1 aromatic heterocycles. The molecule has 0 bridgehead atoms. The molecule has 0 saturated heterocycles. The van der Waals surface area contributed by atoms with Crippen molar-refractivity contribution in [3.8, 4) is 0 Å². The van der Waals surface area contributed by atoms with Gasteiger partial charge >= 0.3 is 0 Å². The quantitative estimate of drug-likeness (QED) is 0.874. The summed E-state index contributed by atoms with van der Waals surface area (Å²) in [5, 5.41) is 11.7. The third-order valence-electron chi connectivity index (χ3n) is 2.75. The molecule has 0 fully saturated rings. The van der Waals surface area contributed by atoms with E-state index in [4.69, 9.17) is 0 Å². The van der Waals surface area contributed by atoms with Crippen LogP contribution < -0.4 is 10.2 Å². The maximum atomic E-state index is 4.24. The molecule has 0 aliphatic rings. The minimum absolute atomic E-state index is 0.763. The lowest BCUT2D eigenvalue weighted by molar-refractivity contribution is 0.698. The van der Waals surface area contributed by atoms with Crippen LogP contribution in [0.25, 0.3) is 0 Å². The average molecular weight is 242 g/mol. The SMILES string of the molecule is CCNCc1ccc(N(C)c2ccccc2)nn1.